The number of allylic oxidation sites excluding steroid dienone is 6. The smallest absolute Gasteiger partial charge is 0.136 e. The molecule has 3 heteroatoms. The fraction of sp³-hybridized carbons (Fsp3) is 0.429. The summed E-state index contributed by atoms with van der Waals surface area (Å²) < 4.78 is 5.47. The second kappa shape index (κ2) is 5.49. The maximum atomic E-state index is 8.84. The summed E-state index contributed by atoms with van der Waals surface area (Å²) in [5.74, 6) is 1.05. The first-order chi connectivity index (χ1) is 8.33. The van der Waals surface area contributed by atoms with Crippen molar-refractivity contribution in [3.05, 3.63) is 35.3 Å². The average Bonchev–Trinajstić information content (AvgIpc) is 2.40. The molecule has 1 aliphatic carbocycles. The van der Waals surface area contributed by atoms with Gasteiger partial charge in [0.1, 0.15) is 11.8 Å². The van der Waals surface area contributed by atoms with Crippen LogP contribution in [-0.4, -0.2) is 12.3 Å². The van der Waals surface area contributed by atoms with E-state index in [0.717, 1.165) is 43.8 Å². The lowest BCUT2D eigenvalue weighted by Gasteiger charge is -2.17. The summed E-state index contributed by atoms with van der Waals surface area (Å²) in [5, 5.41) is 8.84. The number of nitrogens with zero attached hydrogens (tertiary/aromatic N) is 2. The van der Waals surface area contributed by atoms with Gasteiger partial charge in [0.05, 0.1) is 12.4 Å². The molecule has 0 saturated carbocycles. The summed E-state index contributed by atoms with van der Waals surface area (Å²) in [6.07, 6.45) is 9.75. The molecule has 0 radical (unpaired) electrons. The molecule has 0 N–H and O–H groups in total. The van der Waals surface area contributed by atoms with Crippen molar-refractivity contribution in [1.82, 2.24) is 0 Å². The fourth-order valence-electron chi connectivity index (χ4n) is 2.06. The van der Waals surface area contributed by atoms with E-state index in [9.17, 15) is 0 Å². The first-order valence-corrected chi connectivity index (χ1v) is 6.04. The topological polar surface area (TPSA) is 45.4 Å². The molecule has 0 bridgehead atoms. The van der Waals surface area contributed by atoms with Gasteiger partial charge in [0.25, 0.3) is 0 Å². The zero-order valence-corrected chi connectivity index (χ0v) is 10.1. The van der Waals surface area contributed by atoms with E-state index in [1.807, 2.05) is 19.1 Å². The normalized spacial score (nSPS) is 19.5. The van der Waals surface area contributed by atoms with Crippen molar-refractivity contribution in [3.8, 4) is 6.07 Å². The molecule has 0 atom stereocenters. The third-order valence-electron chi connectivity index (χ3n) is 2.90. The van der Waals surface area contributed by atoms with Crippen molar-refractivity contribution >= 4 is 5.71 Å². The highest BCUT2D eigenvalue weighted by Gasteiger charge is 2.14. The van der Waals surface area contributed by atoms with Gasteiger partial charge < -0.3 is 4.74 Å². The van der Waals surface area contributed by atoms with Crippen molar-refractivity contribution in [2.45, 2.75) is 32.6 Å². The quantitative estimate of drug-likeness (QED) is 0.744. The molecule has 0 aromatic heterocycles. The Labute approximate surface area is 102 Å². The van der Waals surface area contributed by atoms with Gasteiger partial charge in [0, 0.05) is 12.1 Å². The predicted molar refractivity (Wildman–Crippen MR) is 67.4 cm³/mol. The molecule has 1 aliphatic heterocycles. The van der Waals surface area contributed by atoms with Crippen LogP contribution in [-0.2, 0) is 4.74 Å². The van der Waals surface area contributed by atoms with E-state index in [1.165, 1.54) is 5.57 Å². The molecular weight excluding hydrogens is 212 g/mol. The van der Waals surface area contributed by atoms with Crippen LogP contribution in [0.2, 0.25) is 0 Å². The van der Waals surface area contributed by atoms with Gasteiger partial charge in [-0.1, -0.05) is 6.08 Å². The van der Waals surface area contributed by atoms with Crippen LogP contribution in [0.4, 0.5) is 0 Å². The van der Waals surface area contributed by atoms with Crippen molar-refractivity contribution < 1.29 is 4.74 Å². The molecule has 0 fully saturated rings. The third-order valence-corrected chi connectivity index (χ3v) is 2.90. The summed E-state index contributed by atoms with van der Waals surface area (Å²) in [4.78, 5) is 4.37. The molecule has 1 heterocycles. The molecule has 0 aromatic rings. The molecule has 0 saturated heterocycles. The van der Waals surface area contributed by atoms with Gasteiger partial charge in [-0.25, -0.2) is 4.99 Å². The van der Waals surface area contributed by atoms with Gasteiger partial charge in [-0.3, -0.25) is 0 Å². The van der Waals surface area contributed by atoms with Crippen LogP contribution < -0.4 is 0 Å². The zero-order chi connectivity index (χ0) is 12.1. The van der Waals surface area contributed by atoms with Crippen molar-refractivity contribution in [2.75, 3.05) is 6.61 Å². The number of aliphatic imine (C=N–C) groups is 1. The average molecular weight is 228 g/mol. The molecule has 0 amide bonds. The number of rotatable bonds is 3. The van der Waals surface area contributed by atoms with Crippen LogP contribution in [0.1, 0.15) is 32.6 Å². The number of nitriles is 1. The highest BCUT2D eigenvalue weighted by Crippen LogP contribution is 2.24. The van der Waals surface area contributed by atoms with Crippen LogP contribution in [0.15, 0.2) is 40.2 Å². The van der Waals surface area contributed by atoms with Gasteiger partial charge in [0.15, 0.2) is 0 Å². The van der Waals surface area contributed by atoms with Crippen LogP contribution in [0.25, 0.3) is 0 Å². The molecule has 0 spiro atoms. The largest absolute Gasteiger partial charge is 0.498 e. The summed E-state index contributed by atoms with van der Waals surface area (Å²) in [7, 11) is 0. The molecular formula is C14H16N2O. The minimum Gasteiger partial charge on any atom is -0.498 e. The molecule has 2 rings (SSSR count). The SMILES string of the molecule is CCOC1=CC=C(C2=NC(C#N)=CCC2)CC1. The highest BCUT2D eigenvalue weighted by atomic mass is 16.5. The second-order valence-corrected chi connectivity index (χ2v) is 4.06. The van der Waals surface area contributed by atoms with Gasteiger partial charge in [0.2, 0.25) is 0 Å². The number of hydrogen-bond donors (Lipinski definition) is 0. The Morgan fingerprint density at radius 3 is 2.88 bits per heavy atom. The lowest BCUT2D eigenvalue weighted by Crippen LogP contribution is -2.09. The number of ether oxygens (including phenoxy) is 1. The minimum absolute atomic E-state index is 0.548. The molecule has 88 valence electrons. The van der Waals surface area contributed by atoms with E-state index in [2.05, 4.69) is 17.1 Å². The van der Waals surface area contributed by atoms with E-state index >= 15 is 0 Å². The van der Waals surface area contributed by atoms with Crippen molar-refractivity contribution in [1.29, 1.82) is 5.26 Å². The van der Waals surface area contributed by atoms with Gasteiger partial charge >= 0.3 is 0 Å². The fourth-order valence-corrected chi connectivity index (χ4v) is 2.06. The second-order valence-electron chi connectivity index (χ2n) is 4.06. The highest BCUT2D eigenvalue weighted by molar-refractivity contribution is 6.02. The summed E-state index contributed by atoms with van der Waals surface area (Å²) >= 11 is 0. The first-order valence-electron chi connectivity index (χ1n) is 6.04. The Kier molecular flexibility index (Phi) is 3.77. The standard InChI is InChI=1S/C14H16N2O/c1-2-17-13-8-6-11(7-9-13)14-5-3-4-12(10-15)16-14/h4,6,8H,2-3,5,7,9H2,1H3. The van der Waals surface area contributed by atoms with Crippen molar-refractivity contribution in [3.63, 3.8) is 0 Å². The van der Waals surface area contributed by atoms with Crippen LogP contribution in [0.5, 0.6) is 0 Å². The maximum absolute atomic E-state index is 8.84. The maximum Gasteiger partial charge on any atom is 0.136 e. The van der Waals surface area contributed by atoms with Crippen LogP contribution in [0, 0.1) is 11.3 Å². The Morgan fingerprint density at radius 1 is 1.35 bits per heavy atom. The molecule has 3 nitrogen and oxygen atoms in total. The Balaban J connectivity index is 2.13. The van der Waals surface area contributed by atoms with E-state index in [4.69, 9.17) is 10.00 Å². The lowest BCUT2D eigenvalue weighted by atomic mass is 9.95. The van der Waals surface area contributed by atoms with E-state index < -0.39 is 0 Å². The monoisotopic (exact) mass is 228 g/mol. The van der Waals surface area contributed by atoms with Gasteiger partial charge in [-0.2, -0.15) is 5.26 Å². The Bertz CT molecular complexity index is 461. The Hall–Kier alpha value is -1.82. The van der Waals surface area contributed by atoms with Gasteiger partial charge in [-0.15, -0.1) is 0 Å². The van der Waals surface area contributed by atoms with E-state index in [-0.39, 0.29) is 0 Å². The number of hydrogen-bond acceptors (Lipinski definition) is 3. The molecule has 17 heavy (non-hydrogen) atoms. The zero-order valence-electron chi connectivity index (χ0n) is 10.1. The summed E-state index contributed by atoms with van der Waals surface area (Å²) in [6, 6.07) is 2.11. The predicted octanol–water partition coefficient (Wildman–Crippen LogP) is 3.27. The third kappa shape index (κ3) is 2.85. The summed E-state index contributed by atoms with van der Waals surface area (Å²) in [5.41, 5.74) is 2.86. The van der Waals surface area contributed by atoms with Crippen LogP contribution >= 0.6 is 0 Å². The van der Waals surface area contributed by atoms with E-state index in [1.54, 1.807) is 0 Å². The molecule has 0 unspecified atom stereocenters. The Morgan fingerprint density at radius 2 is 2.24 bits per heavy atom. The van der Waals surface area contributed by atoms with Crippen LogP contribution in [0.3, 0.4) is 0 Å². The minimum atomic E-state index is 0.548. The lowest BCUT2D eigenvalue weighted by molar-refractivity contribution is 0.218. The van der Waals surface area contributed by atoms with E-state index in [0.29, 0.717) is 5.70 Å². The molecule has 0 aromatic carbocycles. The first kappa shape index (κ1) is 11.7. The van der Waals surface area contributed by atoms with Crippen molar-refractivity contribution in [2.24, 2.45) is 4.99 Å². The van der Waals surface area contributed by atoms with Gasteiger partial charge in [-0.05, 0) is 43.9 Å². The molecule has 2 aliphatic rings. The summed E-state index contributed by atoms with van der Waals surface area (Å²) in [6.45, 7) is 2.71.